The molecule has 1 N–H and O–H groups in total. The normalized spacial score (nSPS) is 18.3. The minimum absolute atomic E-state index is 0.229. The number of carboxylic acids is 1. The Kier molecular flexibility index (Phi) is 3.12. The summed E-state index contributed by atoms with van der Waals surface area (Å²) in [6.07, 6.45) is 4.14. The van der Waals surface area contributed by atoms with Crippen LogP contribution >= 0.6 is 0 Å². The topological polar surface area (TPSA) is 37.3 Å². The largest absolute Gasteiger partial charge is 0.478 e. The minimum atomic E-state index is -0.885. The number of carboxylic acid groups (broad SMARTS) is 1. The highest BCUT2D eigenvalue weighted by molar-refractivity contribution is 5.88. The molecule has 1 aliphatic rings. The van der Waals surface area contributed by atoms with Crippen LogP contribution in [0.2, 0.25) is 0 Å². The number of carbonyl (C=O) groups is 1. The maximum Gasteiger partial charge on any atom is 0.335 e. The van der Waals surface area contributed by atoms with Gasteiger partial charge in [0, 0.05) is 0 Å². The van der Waals surface area contributed by atoms with E-state index in [0.717, 1.165) is 24.0 Å². The summed E-state index contributed by atoms with van der Waals surface area (Å²) in [5.74, 6) is -0.885. The summed E-state index contributed by atoms with van der Waals surface area (Å²) >= 11 is 0. The van der Waals surface area contributed by atoms with Gasteiger partial charge >= 0.3 is 5.97 Å². The Morgan fingerprint density at radius 1 is 1.22 bits per heavy atom. The Bertz CT molecular complexity index is 519. The molecule has 1 aromatic carbocycles. The first-order valence-electron chi connectivity index (χ1n) is 6.09. The van der Waals surface area contributed by atoms with Gasteiger partial charge in [-0.1, -0.05) is 44.2 Å². The van der Waals surface area contributed by atoms with Crippen molar-refractivity contribution < 1.29 is 9.90 Å². The molecule has 1 aromatic rings. The van der Waals surface area contributed by atoms with Crippen molar-refractivity contribution in [3.05, 3.63) is 53.6 Å². The molecule has 18 heavy (non-hydrogen) atoms. The van der Waals surface area contributed by atoms with E-state index in [1.807, 2.05) is 12.1 Å². The van der Waals surface area contributed by atoms with Crippen LogP contribution in [0.5, 0.6) is 0 Å². The number of hydrogen-bond donors (Lipinski definition) is 1. The van der Waals surface area contributed by atoms with E-state index in [1.165, 1.54) is 5.57 Å². The highest BCUT2D eigenvalue weighted by Gasteiger charge is 2.25. The Morgan fingerprint density at radius 3 is 2.33 bits per heavy atom. The molecule has 1 aliphatic carbocycles. The first kappa shape index (κ1) is 12.6. The van der Waals surface area contributed by atoms with Crippen LogP contribution in [-0.4, -0.2) is 11.1 Å². The molecule has 0 saturated heterocycles. The van der Waals surface area contributed by atoms with Crippen LogP contribution in [0.4, 0.5) is 0 Å². The maximum absolute atomic E-state index is 10.8. The molecular weight excluding hydrogens is 224 g/mol. The van der Waals surface area contributed by atoms with Gasteiger partial charge in [0.15, 0.2) is 0 Å². The molecule has 0 aliphatic heterocycles. The lowest BCUT2D eigenvalue weighted by molar-refractivity contribution is 0.0697. The van der Waals surface area contributed by atoms with Crippen molar-refractivity contribution in [1.82, 2.24) is 0 Å². The fraction of sp³-hybridized carbons (Fsp3) is 0.312. The van der Waals surface area contributed by atoms with E-state index in [-0.39, 0.29) is 5.41 Å². The summed E-state index contributed by atoms with van der Waals surface area (Å²) < 4.78 is 0. The Balaban J connectivity index is 2.31. The van der Waals surface area contributed by atoms with Gasteiger partial charge in [-0.3, -0.25) is 0 Å². The van der Waals surface area contributed by atoms with E-state index in [0.29, 0.717) is 5.56 Å². The SMILES string of the molecule is C=C1C=C(c2ccc(C(=O)O)cc2)CC(C)(C)C1. The van der Waals surface area contributed by atoms with Crippen molar-refractivity contribution in [3.8, 4) is 0 Å². The average Bonchev–Trinajstić information content (AvgIpc) is 2.26. The van der Waals surface area contributed by atoms with Crippen LogP contribution in [0.3, 0.4) is 0 Å². The average molecular weight is 242 g/mol. The lowest BCUT2D eigenvalue weighted by Crippen LogP contribution is -2.16. The summed E-state index contributed by atoms with van der Waals surface area (Å²) in [4.78, 5) is 10.8. The molecule has 0 spiro atoms. The van der Waals surface area contributed by atoms with E-state index < -0.39 is 5.97 Å². The first-order valence-corrected chi connectivity index (χ1v) is 6.09. The van der Waals surface area contributed by atoms with Crippen LogP contribution in [0.25, 0.3) is 5.57 Å². The second-order valence-electron chi connectivity index (χ2n) is 5.73. The van der Waals surface area contributed by atoms with Gasteiger partial charge in [-0.15, -0.1) is 0 Å². The van der Waals surface area contributed by atoms with E-state index in [1.54, 1.807) is 12.1 Å². The highest BCUT2D eigenvalue weighted by atomic mass is 16.4. The van der Waals surface area contributed by atoms with Crippen LogP contribution in [0.1, 0.15) is 42.6 Å². The van der Waals surface area contributed by atoms with Gasteiger partial charge in [-0.05, 0) is 41.5 Å². The number of allylic oxidation sites excluding steroid dienone is 3. The first-order chi connectivity index (χ1) is 8.37. The second-order valence-corrected chi connectivity index (χ2v) is 5.73. The Morgan fingerprint density at radius 2 is 1.83 bits per heavy atom. The van der Waals surface area contributed by atoms with Crippen molar-refractivity contribution in [2.75, 3.05) is 0 Å². The molecule has 2 nitrogen and oxygen atoms in total. The fourth-order valence-electron chi connectivity index (χ4n) is 2.55. The van der Waals surface area contributed by atoms with E-state index in [2.05, 4.69) is 26.5 Å². The van der Waals surface area contributed by atoms with E-state index in [4.69, 9.17) is 5.11 Å². The van der Waals surface area contributed by atoms with Gasteiger partial charge in [0.1, 0.15) is 0 Å². The molecule has 0 fully saturated rings. The van der Waals surface area contributed by atoms with E-state index in [9.17, 15) is 4.79 Å². The molecule has 0 unspecified atom stereocenters. The summed E-state index contributed by atoms with van der Waals surface area (Å²) in [5, 5.41) is 8.88. The van der Waals surface area contributed by atoms with Crippen molar-refractivity contribution in [3.63, 3.8) is 0 Å². The van der Waals surface area contributed by atoms with E-state index >= 15 is 0 Å². The molecule has 0 saturated carbocycles. The predicted octanol–water partition coefficient (Wildman–Crippen LogP) is 4.14. The predicted molar refractivity (Wildman–Crippen MR) is 73.5 cm³/mol. The molecule has 0 atom stereocenters. The molecule has 94 valence electrons. The maximum atomic E-state index is 10.8. The number of aromatic carboxylic acids is 1. The van der Waals surface area contributed by atoms with Gasteiger partial charge in [0.05, 0.1) is 5.56 Å². The van der Waals surface area contributed by atoms with Gasteiger partial charge in [-0.2, -0.15) is 0 Å². The van der Waals surface area contributed by atoms with Crippen molar-refractivity contribution in [2.45, 2.75) is 26.7 Å². The van der Waals surface area contributed by atoms with Gasteiger partial charge in [-0.25, -0.2) is 4.79 Å². The van der Waals surface area contributed by atoms with Crippen molar-refractivity contribution in [1.29, 1.82) is 0 Å². The summed E-state index contributed by atoms with van der Waals surface area (Å²) in [5.41, 5.74) is 4.03. The number of hydrogen-bond acceptors (Lipinski definition) is 1. The van der Waals surface area contributed by atoms with Crippen molar-refractivity contribution in [2.24, 2.45) is 5.41 Å². The quantitative estimate of drug-likeness (QED) is 0.846. The molecule has 0 heterocycles. The lowest BCUT2D eigenvalue weighted by atomic mass is 9.74. The third kappa shape index (κ3) is 2.70. The second kappa shape index (κ2) is 4.45. The molecule has 0 bridgehead atoms. The Hall–Kier alpha value is -1.83. The molecular formula is C16H18O2. The van der Waals surface area contributed by atoms with Crippen LogP contribution < -0.4 is 0 Å². The number of rotatable bonds is 2. The molecule has 0 aromatic heterocycles. The standard InChI is InChI=1S/C16H18O2/c1-11-8-14(10-16(2,3)9-11)12-4-6-13(7-5-12)15(17)18/h4-8H,1,9-10H2,2-3H3,(H,17,18). The number of benzene rings is 1. The monoisotopic (exact) mass is 242 g/mol. The Labute approximate surface area is 108 Å². The zero-order valence-electron chi connectivity index (χ0n) is 10.9. The fourth-order valence-corrected chi connectivity index (χ4v) is 2.55. The van der Waals surface area contributed by atoms with Crippen molar-refractivity contribution >= 4 is 11.5 Å². The third-order valence-electron chi connectivity index (χ3n) is 3.26. The smallest absolute Gasteiger partial charge is 0.335 e. The molecule has 0 radical (unpaired) electrons. The van der Waals surface area contributed by atoms with Gasteiger partial charge < -0.3 is 5.11 Å². The highest BCUT2D eigenvalue weighted by Crippen LogP contribution is 2.41. The minimum Gasteiger partial charge on any atom is -0.478 e. The lowest BCUT2D eigenvalue weighted by Gasteiger charge is -2.31. The molecule has 0 amide bonds. The van der Waals surface area contributed by atoms with Gasteiger partial charge in [0.2, 0.25) is 0 Å². The zero-order valence-corrected chi connectivity index (χ0v) is 10.9. The van der Waals surface area contributed by atoms with Crippen LogP contribution in [0, 0.1) is 5.41 Å². The molecule has 2 rings (SSSR count). The van der Waals surface area contributed by atoms with Crippen LogP contribution in [0.15, 0.2) is 42.5 Å². The van der Waals surface area contributed by atoms with Crippen LogP contribution in [-0.2, 0) is 0 Å². The van der Waals surface area contributed by atoms with Gasteiger partial charge in [0.25, 0.3) is 0 Å². The summed E-state index contributed by atoms with van der Waals surface area (Å²) in [6.45, 7) is 8.53. The molecule has 2 heteroatoms. The summed E-state index contributed by atoms with van der Waals surface area (Å²) in [6, 6.07) is 7.07. The zero-order chi connectivity index (χ0) is 13.3. The summed E-state index contributed by atoms with van der Waals surface area (Å²) in [7, 11) is 0. The third-order valence-corrected chi connectivity index (χ3v) is 3.26.